The Morgan fingerprint density at radius 3 is 2.81 bits per heavy atom. The number of carbonyl (C=O) groups is 1. The quantitative estimate of drug-likeness (QED) is 0.784. The van der Waals surface area contributed by atoms with Gasteiger partial charge in [0, 0.05) is 4.88 Å². The Kier molecular flexibility index (Phi) is 3.59. The molecule has 4 nitrogen and oxygen atoms in total. The predicted octanol–water partition coefficient (Wildman–Crippen LogP) is 4.18. The Hall–Kier alpha value is -1.66. The molecule has 0 aliphatic carbocycles. The molecule has 0 spiro atoms. The van der Waals surface area contributed by atoms with Crippen molar-refractivity contribution in [3.05, 3.63) is 33.8 Å². The van der Waals surface area contributed by atoms with E-state index in [9.17, 15) is 9.90 Å². The molecule has 0 fully saturated rings. The van der Waals surface area contributed by atoms with E-state index >= 15 is 0 Å². The zero-order valence-electron chi connectivity index (χ0n) is 12.1. The summed E-state index contributed by atoms with van der Waals surface area (Å²) in [6, 6.07) is 4.08. The molecule has 0 atom stereocenters. The summed E-state index contributed by atoms with van der Waals surface area (Å²) >= 11 is 3.29. The van der Waals surface area contributed by atoms with Crippen LogP contribution in [-0.4, -0.2) is 20.5 Å². The van der Waals surface area contributed by atoms with Crippen LogP contribution in [0.2, 0.25) is 0 Å². The van der Waals surface area contributed by atoms with Gasteiger partial charge in [-0.2, -0.15) is 0 Å². The molecule has 0 aliphatic heterocycles. The fourth-order valence-corrected chi connectivity index (χ4v) is 4.45. The van der Waals surface area contributed by atoms with Crippen molar-refractivity contribution in [2.24, 2.45) is 0 Å². The van der Waals surface area contributed by atoms with Gasteiger partial charge in [0.2, 0.25) is 0 Å². The average molecular weight is 320 g/mol. The van der Waals surface area contributed by atoms with E-state index in [2.05, 4.69) is 31.8 Å². The molecule has 0 saturated carbocycles. The van der Waals surface area contributed by atoms with Crippen molar-refractivity contribution in [3.8, 4) is 10.6 Å². The van der Waals surface area contributed by atoms with Crippen LogP contribution in [0.3, 0.4) is 0 Å². The van der Waals surface area contributed by atoms with Gasteiger partial charge in [0.25, 0.3) is 0 Å². The molecule has 0 bridgehead atoms. The first-order valence-electron chi connectivity index (χ1n) is 6.75. The van der Waals surface area contributed by atoms with E-state index in [0.29, 0.717) is 0 Å². The molecule has 1 N–H and O–H groups in total. The van der Waals surface area contributed by atoms with E-state index in [4.69, 9.17) is 0 Å². The van der Waals surface area contributed by atoms with Crippen molar-refractivity contribution in [1.82, 2.24) is 9.38 Å². The number of thiophene rings is 1. The minimum atomic E-state index is -0.820. The molecule has 6 heteroatoms. The summed E-state index contributed by atoms with van der Waals surface area (Å²) in [6.07, 6.45) is 0.00320. The summed E-state index contributed by atoms with van der Waals surface area (Å²) < 4.78 is 2.04. The second-order valence-corrected chi connectivity index (χ2v) is 7.40. The first-order valence-corrected chi connectivity index (χ1v) is 8.45. The molecule has 0 aliphatic rings. The Balaban J connectivity index is 2.33. The van der Waals surface area contributed by atoms with E-state index in [1.807, 2.05) is 15.8 Å². The number of hydrogen-bond acceptors (Lipinski definition) is 4. The third kappa shape index (κ3) is 2.38. The van der Waals surface area contributed by atoms with Crippen LogP contribution in [0.15, 0.2) is 17.5 Å². The van der Waals surface area contributed by atoms with Gasteiger partial charge < -0.3 is 5.11 Å². The molecule has 0 saturated heterocycles. The van der Waals surface area contributed by atoms with Crippen LogP contribution in [0.25, 0.3) is 15.5 Å². The molecule has 0 aromatic carbocycles. The smallest absolute Gasteiger partial charge is 0.309 e. The van der Waals surface area contributed by atoms with Crippen LogP contribution in [-0.2, 0) is 11.2 Å². The predicted molar refractivity (Wildman–Crippen MR) is 86.5 cm³/mol. The molecule has 0 unspecified atom stereocenters. The minimum Gasteiger partial charge on any atom is -0.481 e. The van der Waals surface area contributed by atoms with E-state index in [1.54, 1.807) is 22.7 Å². The molecule has 3 heterocycles. The van der Waals surface area contributed by atoms with Crippen molar-refractivity contribution in [2.45, 2.75) is 33.1 Å². The molecular formula is C15H16N2O2S2. The fourth-order valence-electron chi connectivity index (χ4n) is 2.56. The number of aromatic nitrogens is 2. The summed E-state index contributed by atoms with van der Waals surface area (Å²) in [5.41, 5.74) is 2.78. The number of hydrogen-bond donors (Lipinski definition) is 1. The topological polar surface area (TPSA) is 54.6 Å². The summed E-state index contributed by atoms with van der Waals surface area (Å²) in [5, 5.41) is 11.3. The van der Waals surface area contributed by atoms with Gasteiger partial charge in [0.05, 0.1) is 28.4 Å². The lowest BCUT2D eigenvalue weighted by Gasteiger charge is -2.07. The Labute approximate surface area is 130 Å². The minimum absolute atomic E-state index is 0.00320. The SMILES string of the molecule is Cc1sc2nc(C(C)C)c(CC(=O)O)n2c1-c1cccs1. The molecule has 21 heavy (non-hydrogen) atoms. The zero-order valence-corrected chi connectivity index (χ0v) is 13.7. The van der Waals surface area contributed by atoms with Crippen molar-refractivity contribution < 1.29 is 9.90 Å². The van der Waals surface area contributed by atoms with Gasteiger partial charge in [-0.15, -0.1) is 22.7 Å². The van der Waals surface area contributed by atoms with E-state index in [0.717, 1.165) is 26.9 Å². The third-order valence-corrected chi connectivity index (χ3v) is 5.23. The van der Waals surface area contributed by atoms with Gasteiger partial charge in [-0.3, -0.25) is 9.20 Å². The van der Waals surface area contributed by atoms with Crippen LogP contribution in [0, 0.1) is 6.92 Å². The standard InChI is InChI=1S/C15H16N2O2S2/c1-8(2)13-10(7-12(18)19)17-14(11-5-4-6-20-11)9(3)21-15(17)16-13/h4-6,8H,7H2,1-3H3,(H,18,19). The van der Waals surface area contributed by atoms with Gasteiger partial charge >= 0.3 is 5.97 Å². The van der Waals surface area contributed by atoms with Crippen LogP contribution in [0.5, 0.6) is 0 Å². The average Bonchev–Trinajstić information content (AvgIpc) is 3.05. The van der Waals surface area contributed by atoms with Crippen LogP contribution in [0.4, 0.5) is 0 Å². The summed E-state index contributed by atoms with van der Waals surface area (Å²) in [4.78, 5) is 19.1. The highest BCUT2D eigenvalue weighted by Gasteiger charge is 2.23. The maximum absolute atomic E-state index is 11.3. The Morgan fingerprint density at radius 2 is 2.24 bits per heavy atom. The molecule has 0 amide bonds. The van der Waals surface area contributed by atoms with Gasteiger partial charge in [-0.25, -0.2) is 4.98 Å². The molecule has 110 valence electrons. The third-order valence-electron chi connectivity index (χ3n) is 3.39. The number of fused-ring (bicyclic) bond motifs is 1. The second-order valence-electron chi connectivity index (χ2n) is 5.27. The first kappa shape index (κ1) is 14.3. The van der Waals surface area contributed by atoms with Crippen molar-refractivity contribution in [2.75, 3.05) is 0 Å². The summed E-state index contributed by atoms with van der Waals surface area (Å²) in [5.74, 6) is -0.609. The lowest BCUT2D eigenvalue weighted by Crippen LogP contribution is -2.07. The van der Waals surface area contributed by atoms with Crippen molar-refractivity contribution >= 4 is 33.6 Å². The number of carboxylic acid groups (broad SMARTS) is 1. The number of aliphatic carboxylic acids is 1. The van der Waals surface area contributed by atoms with Gasteiger partial charge in [-0.1, -0.05) is 19.9 Å². The molecule has 3 aromatic heterocycles. The largest absolute Gasteiger partial charge is 0.481 e. The number of rotatable bonds is 4. The molecule has 3 aromatic rings. The number of imidazole rings is 1. The van der Waals surface area contributed by atoms with E-state index < -0.39 is 5.97 Å². The van der Waals surface area contributed by atoms with Crippen LogP contribution in [0.1, 0.15) is 36.0 Å². The lowest BCUT2D eigenvalue weighted by molar-refractivity contribution is -0.136. The maximum atomic E-state index is 11.3. The van der Waals surface area contributed by atoms with E-state index in [-0.39, 0.29) is 12.3 Å². The maximum Gasteiger partial charge on any atom is 0.309 e. The number of thiazole rings is 1. The highest BCUT2D eigenvalue weighted by molar-refractivity contribution is 7.18. The second kappa shape index (κ2) is 5.27. The Bertz CT molecular complexity index is 797. The molecule has 0 radical (unpaired) electrons. The summed E-state index contributed by atoms with van der Waals surface area (Å²) in [6.45, 7) is 6.17. The van der Waals surface area contributed by atoms with Crippen molar-refractivity contribution in [3.63, 3.8) is 0 Å². The normalized spacial score (nSPS) is 11.6. The van der Waals surface area contributed by atoms with Gasteiger partial charge in [-0.05, 0) is 24.3 Å². The molecular weight excluding hydrogens is 304 g/mol. The van der Waals surface area contributed by atoms with Crippen LogP contribution >= 0.6 is 22.7 Å². The fraction of sp³-hybridized carbons (Fsp3) is 0.333. The van der Waals surface area contributed by atoms with Crippen molar-refractivity contribution in [1.29, 1.82) is 0 Å². The number of nitrogens with zero attached hydrogens (tertiary/aromatic N) is 2. The lowest BCUT2D eigenvalue weighted by atomic mass is 10.1. The van der Waals surface area contributed by atoms with Crippen LogP contribution < -0.4 is 0 Å². The number of carboxylic acids is 1. The highest BCUT2D eigenvalue weighted by atomic mass is 32.1. The monoisotopic (exact) mass is 320 g/mol. The van der Waals surface area contributed by atoms with Gasteiger partial charge in [0.1, 0.15) is 0 Å². The van der Waals surface area contributed by atoms with E-state index in [1.165, 1.54) is 4.88 Å². The highest BCUT2D eigenvalue weighted by Crippen LogP contribution is 2.37. The first-order chi connectivity index (χ1) is 9.99. The zero-order chi connectivity index (χ0) is 15.1. The number of aryl methyl sites for hydroxylation is 1. The van der Waals surface area contributed by atoms with Gasteiger partial charge in [0.15, 0.2) is 4.96 Å². The Morgan fingerprint density at radius 1 is 1.48 bits per heavy atom. The summed E-state index contributed by atoms with van der Waals surface area (Å²) in [7, 11) is 0. The molecule has 3 rings (SSSR count).